The lowest BCUT2D eigenvalue weighted by Gasteiger charge is -2.27. The molecule has 1 heterocycles. The summed E-state index contributed by atoms with van der Waals surface area (Å²) >= 11 is 0. The van der Waals surface area contributed by atoms with E-state index in [1.54, 1.807) is 0 Å². The maximum atomic E-state index is 13.2. The second-order valence-electron chi connectivity index (χ2n) is 5.75. The van der Waals surface area contributed by atoms with E-state index in [0.29, 0.717) is 17.2 Å². The smallest absolute Gasteiger partial charge is 0.342 e. The molecule has 0 unspecified atom stereocenters. The Morgan fingerprint density at radius 3 is 2.36 bits per heavy atom. The number of hydrogen-bond donors (Lipinski definition) is 0. The van der Waals surface area contributed by atoms with Gasteiger partial charge < -0.3 is 9.64 Å². The minimum atomic E-state index is -5.19. The number of nitro benzene ring substituents is 1. The van der Waals surface area contributed by atoms with E-state index >= 15 is 0 Å². The topological polar surface area (TPSA) is 99.0 Å². The van der Waals surface area contributed by atoms with E-state index in [2.05, 4.69) is 8.92 Å². The van der Waals surface area contributed by atoms with Gasteiger partial charge in [0.25, 0.3) is 15.8 Å². The highest BCUT2D eigenvalue weighted by molar-refractivity contribution is 7.85. The van der Waals surface area contributed by atoms with Crippen molar-refractivity contribution in [2.45, 2.75) is 24.7 Å². The summed E-state index contributed by atoms with van der Waals surface area (Å²) in [6.07, 6.45) is -13.7. The normalized spacial score (nSPS) is 21.2. The molecule has 28 heavy (non-hydrogen) atoms. The molecular formula is C13H12F6N2O6S. The summed E-state index contributed by atoms with van der Waals surface area (Å²) in [4.78, 5) is 9.86. The van der Waals surface area contributed by atoms with Gasteiger partial charge in [0.05, 0.1) is 17.8 Å². The third kappa shape index (κ3) is 5.23. The summed E-state index contributed by atoms with van der Waals surface area (Å²) in [6, 6.07) is 1.36. The van der Waals surface area contributed by atoms with Crippen molar-refractivity contribution >= 4 is 21.5 Å². The van der Waals surface area contributed by atoms with Crippen molar-refractivity contribution in [1.82, 2.24) is 0 Å². The molecule has 0 aromatic heterocycles. The van der Waals surface area contributed by atoms with Crippen LogP contribution < -0.4 is 4.90 Å². The Labute approximate surface area is 153 Å². The van der Waals surface area contributed by atoms with Gasteiger partial charge in [-0.25, -0.2) is 0 Å². The molecule has 2 rings (SSSR count). The summed E-state index contributed by atoms with van der Waals surface area (Å²) in [5.41, 5.74) is -3.69. The number of nitrogens with zero attached hydrogens (tertiary/aromatic N) is 2. The van der Waals surface area contributed by atoms with Crippen molar-refractivity contribution in [2.75, 3.05) is 24.3 Å². The number of alkyl halides is 6. The van der Waals surface area contributed by atoms with Gasteiger partial charge in [-0.1, -0.05) is 0 Å². The number of halogens is 6. The first-order valence-electron chi connectivity index (χ1n) is 7.28. The van der Waals surface area contributed by atoms with Crippen molar-refractivity contribution in [1.29, 1.82) is 0 Å². The molecule has 0 bridgehead atoms. The minimum Gasteiger partial charge on any atom is -0.342 e. The van der Waals surface area contributed by atoms with E-state index in [0.717, 1.165) is 6.07 Å². The SMILES string of the molecule is CS(=O)(=O)OC[C@@H]1CN(c2ccc([N+](=O)[O-])c(C(F)(F)F)c2)[C@H](C(F)(F)F)O1. The lowest BCUT2D eigenvalue weighted by atomic mass is 10.1. The summed E-state index contributed by atoms with van der Waals surface area (Å²) in [7, 11) is -3.99. The summed E-state index contributed by atoms with van der Waals surface area (Å²) in [6.45, 7) is -1.45. The molecule has 0 spiro atoms. The second kappa shape index (κ2) is 7.36. The van der Waals surface area contributed by atoms with E-state index < -0.39 is 69.8 Å². The third-order valence-corrected chi connectivity index (χ3v) is 4.13. The van der Waals surface area contributed by atoms with Crippen LogP contribution in [-0.4, -0.2) is 51.3 Å². The molecule has 158 valence electrons. The largest absolute Gasteiger partial charge is 0.433 e. The molecule has 1 aromatic carbocycles. The van der Waals surface area contributed by atoms with E-state index in [-0.39, 0.29) is 6.07 Å². The number of anilines is 1. The van der Waals surface area contributed by atoms with E-state index in [1.165, 1.54) is 0 Å². The number of benzene rings is 1. The zero-order valence-corrected chi connectivity index (χ0v) is 14.6. The Hall–Kier alpha value is -2.13. The number of ether oxygens (including phenoxy) is 1. The number of nitro groups is 1. The maximum absolute atomic E-state index is 13.2. The van der Waals surface area contributed by atoms with E-state index in [4.69, 9.17) is 0 Å². The molecule has 0 amide bonds. The molecule has 0 saturated carbocycles. The van der Waals surface area contributed by atoms with Gasteiger partial charge in [0.15, 0.2) is 0 Å². The van der Waals surface area contributed by atoms with Crippen LogP contribution in [0.15, 0.2) is 18.2 Å². The molecule has 0 radical (unpaired) electrons. The van der Waals surface area contributed by atoms with Crippen molar-refractivity contribution in [3.63, 3.8) is 0 Å². The molecule has 1 aliphatic rings. The quantitative estimate of drug-likeness (QED) is 0.302. The van der Waals surface area contributed by atoms with Crippen LogP contribution in [-0.2, 0) is 25.2 Å². The Morgan fingerprint density at radius 2 is 1.89 bits per heavy atom. The molecule has 1 aliphatic heterocycles. The van der Waals surface area contributed by atoms with Crippen LogP contribution in [0.1, 0.15) is 5.56 Å². The van der Waals surface area contributed by atoms with Crippen molar-refractivity contribution < 1.29 is 48.6 Å². The Balaban J connectivity index is 2.41. The first kappa shape index (κ1) is 22.2. The average molecular weight is 438 g/mol. The van der Waals surface area contributed by atoms with Gasteiger partial charge in [-0.15, -0.1) is 0 Å². The fourth-order valence-corrected chi connectivity index (χ4v) is 2.89. The molecule has 2 atom stereocenters. The zero-order chi connectivity index (χ0) is 21.5. The lowest BCUT2D eigenvalue weighted by Crippen LogP contribution is -2.42. The Kier molecular flexibility index (Phi) is 5.83. The predicted molar refractivity (Wildman–Crippen MR) is 81.0 cm³/mol. The molecule has 15 heteroatoms. The summed E-state index contributed by atoms with van der Waals surface area (Å²) in [5.74, 6) is 0. The number of rotatable bonds is 5. The Morgan fingerprint density at radius 1 is 1.29 bits per heavy atom. The standard InChI is InChI=1S/C13H12F6N2O6S/c1-28(24,25)26-6-8-5-20(11(27-8)13(17,18)19)7-2-3-10(21(22)23)9(4-7)12(14,15)16/h2-4,8,11H,5-6H2,1H3/t8-,11-/m0/s1. The molecule has 1 aromatic rings. The summed E-state index contributed by atoms with van der Waals surface area (Å²) < 4.78 is 110. The summed E-state index contributed by atoms with van der Waals surface area (Å²) in [5, 5.41) is 10.8. The van der Waals surface area contributed by atoms with Crippen molar-refractivity contribution in [3.05, 3.63) is 33.9 Å². The highest BCUT2D eigenvalue weighted by Crippen LogP contribution is 2.41. The van der Waals surface area contributed by atoms with Crippen LogP contribution in [0.2, 0.25) is 0 Å². The predicted octanol–water partition coefficient (Wildman–Crippen LogP) is 2.68. The van der Waals surface area contributed by atoms with Crippen molar-refractivity contribution in [3.8, 4) is 0 Å². The van der Waals surface area contributed by atoms with Gasteiger partial charge in [0.2, 0.25) is 6.23 Å². The van der Waals surface area contributed by atoms with Crippen LogP contribution in [0, 0.1) is 10.1 Å². The highest BCUT2D eigenvalue weighted by Gasteiger charge is 2.51. The van der Waals surface area contributed by atoms with Crippen LogP contribution in [0.3, 0.4) is 0 Å². The van der Waals surface area contributed by atoms with E-state index in [9.17, 15) is 44.9 Å². The van der Waals surface area contributed by atoms with Gasteiger partial charge in [-0.3, -0.25) is 14.3 Å². The van der Waals surface area contributed by atoms with Gasteiger partial charge >= 0.3 is 12.4 Å². The zero-order valence-electron chi connectivity index (χ0n) is 13.8. The van der Waals surface area contributed by atoms with Crippen LogP contribution in [0.4, 0.5) is 37.7 Å². The van der Waals surface area contributed by atoms with Crippen LogP contribution >= 0.6 is 0 Å². The fourth-order valence-electron chi connectivity index (χ4n) is 2.49. The van der Waals surface area contributed by atoms with Gasteiger partial charge in [0.1, 0.15) is 11.7 Å². The maximum Gasteiger partial charge on any atom is 0.433 e. The first-order valence-corrected chi connectivity index (χ1v) is 9.10. The second-order valence-corrected chi connectivity index (χ2v) is 7.39. The van der Waals surface area contributed by atoms with Crippen LogP contribution in [0.25, 0.3) is 0 Å². The van der Waals surface area contributed by atoms with Crippen LogP contribution in [0.5, 0.6) is 0 Å². The van der Waals surface area contributed by atoms with E-state index in [1.807, 2.05) is 0 Å². The molecule has 1 fully saturated rings. The van der Waals surface area contributed by atoms with Gasteiger partial charge in [0, 0.05) is 18.3 Å². The van der Waals surface area contributed by atoms with Crippen molar-refractivity contribution in [2.24, 2.45) is 0 Å². The third-order valence-electron chi connectivity index (χ3n) is 3.57. The first-order chi connectivity index (χ1) is 12.6. The molecule has 8 nitrogen and oxygen atoms in total. The molecule has 0 aliphatic carbocycles. The molecule has 1 saturated heterocycles. The molecule has 0 N–H and O–H groups in total. The Bertz CT molecular complexity index is 856. The van der Waals surface area contributed by atoms with Gasteiger partial charge in [-0.2, -0.15) is 34.8 Å². The van der Waals surface area contributed by atoms with Gasteiger partial charge in [-0.05, 0) is 12.1 Å². The fraction of sp³-hybridized carbons (Fsp3) is 0.538. The lowest BCUT2D eigenvalue weighted by molar-refractivity contribution is -0.388. The minimum absolute atomic E-state index is 0.208. The molecular weight excluding hydrogens is 426 g/mol. The number of hydrogen-bond acceptors (Lipinski definition) is 7. The average Bonchev–Trinajstić information content (AvgIpc) is 2.95. The monoisotopic (exact) mass is 438 g/mol. The highest BCUT2D eigenvalue weighted by atomic mass is 32.2.